The van der Waals surface area contributed by atoms with Gasteiger partial charge in [0.2, 0.25) is 0 Å². The first-order chi connectivity index (χ1) is 10.1. The second kappa shape index (κ2) is 5.64. The molecular weight excluding hydrogens is 317 g/mol. The SMILES string of the molecule is Cc1cc(C)cc(OS(=O)(=O)c2ccccc2C(F)(F)F)c1. The number of rotatable bonds is 3. The summed E-state index contributed by atoms with van der Waals surface area (Å²) in [5.41, 5.74) is 0.239. The molecule has 0 saturated carbocycles. The summed E-state index contributed by atoms with van der Waals surface area (Å²) in [6.07, 6.45) is -4.78. The van der Waals surface area contributed by atoms with Gasteiger partial charge in [-0.2, -0.15) is 21.6 Å². The fourth-order valence-corrected chi connectivity index (χ4v) is 3.21. The van der Waals surface area contributed by atoms with Crippen LogP contribution in [0.1, 0.15) is 16.7 Å². The molecule has 0 amide bonds. The fraction of sp³-hybridized carbons (Fsp3) is 0.200. The molecule has 0 aliphatic rings. The van der Waals surface area contributed by atoms with E-state index in [0.29, 0.717) is 6.07 Å². The van der Waals surface area contributed by atoms with Crippen molar-refractivity contribution in [3.05, 3.63) is 59.2 Å². The first-order valence-corrected chi connectivity index (χ1v) is 7.69. The van der Waals surface area contributed by atoms with E-state index in [1.807, 2.05) is 0 Å². The molecule has 0 bridgehead atoms. The summed E-state index contributed by atoms with van der Waals surface area (Å²) in [6.45, 7) is 3.46. The molecule has 0 N–H and O–H groups in total. The first-order valence-electron chi connectivity index (χ1n) is 6.28. The molecule has 22 heavy (non-hydrogen) atoms. The molecule has 0 fully saturated rings. The molecule has 0 aliphatic carbocycles. The number of halogens is 3. The molecule has 0 aromatic heterocycles. The third-order valence-corrected chi connectivity index (χ3v) is 4.17. The summed E-state index contributed by atoms with van der Waals surface area (Å²) in [6, 6.07) is 8.61. The lowest BCUT2D eigenvalue weighted by atomic mass is 10.1. The van der Waals surface area contributed by atoms with E-state index >= 15 is 0 Å². The predicted molar refractivity (Wildman–Crippen MR) is 75.2 cm³/mol. The third-order valence-electron chi connectivity index (χ3n) is 2.86. The average Bonchev–Trinajstić information content (AvgIpc) is 2.36. The van der Waals surface area contributed by atoms with Gasteiger partial charge in [-0.3, -0.25) is 0 Å². The van der Waals surface area contributed by atoms with Gasteiger partial charge in [-0.15, -0.1) is 0 Å². The van der Waals surface area contributed by atoms with E-state index < -0.39 is 26.8 Å². The number of hydrogen-bond donors (Lipinski definition) is 0. The summed E-state index contributed by atoms with van der Waals surface area (Å²) >= 11 is 0. The van der Waals surface area contributed by atoms with Crippen LogP contribution in [0.25, 0.3) is 0 Å². The third kappa shape index (κ3) is 3.59. The summed E-state index contributed by atoms with van der Waals surface area (Å²) in [4.78, 5) is -0.901. The summed E-state index contributed by atoms with van der Waals surface area (Å²) in [5.74, 6) is -0.0190. The minimum absolute atomic E-state index is 0.0190. The van der Waals surface area contributed by atoms with E-state index in [1.54, 1.807) is 19.9 Å². The maximum absolute atomic E-state index is 12.9. The highest BCUT2D eigenvalue weighted by molar-refractivity contribution is 7.87. The van der Waals surface area contributed by atoms with Gasteiger partial charge in [-0.05, 0) is 49.2 Å². The highest BCUT2D eigenvalue weighted by atomic mass is 32.2. The zero-order chi connectivity index (χ0) is 16.5. The van der Waals surface area contributed by atoms with Gasteiger partial charge in [0.15, 0.2) is 0 Å². The summed E-state index contributed by atoms with van der Waals surface area (Å²) < 4.78 is 68.0. The molecule has 0 saturated heterocycles. The number of benzene rings is 2. The Bertz CT molecular complexity index is 776. The van der Waals surface area contributed by atoms with Gasteiger partial charge in [0.1, 0.15) is 10.6 Å². The number of aryl methyl sites for hydroxylation is 2. The van der Waals surface area contributed by atoms with Crippen molar-refractivity contribution < 1.29 is 25.8 Å². The molecule has 2 aromatic carbocycles. The Morgan fingerprint density at radius 2 is 1.50 bits per heavy atom. The molecule has 3 nitrogen and oxygen atoms in total. The lowest BCUT2D eigenvalue weighted by molar-refractivity contribution is -0.139. The van der Waals surface area contributed by atoms with E-state index in [1.165, 1.54) is 18.2 Å². The van der Waals surface area contributed by atoms with Crippen molar-refractivity contribution in [3.63, 3.8) is 0 Å². The number of hydrogen-bond acceptors (Lipinski definition) is 3. The van der Waals surface area contributed by atoms with E-state index in [2.05, 4.69) is 0 Å². The van der Waals surface area contributed by atoms with Crippen LogP contribution in [0.15, 0.2) is 47.4 Å². The Labute approximate surface area is 126 Å². The fourth-order valence-electron chi connectivity index (χ4n) is 2.07. The molecule has 0 atom stereocenters. The highest BCUT2D eigenvalue weighted by Gasteiger charge is 2.37. The van der Waals surface area contributed by atoms with Crippen LogP contribution in [0, 0.1) is 13.8 Å². The predicted octanol–water partition coefficient (Wildman–Crippen LogP) is 4.09. The zero-order valence-corrected chi connectivity index (χ0v) is 12.6. The van der Waals surface area contributed by atoms with Crippen molar-refractivity contribution in [2.45, 2.75) is 24.9 Å². The van der Waals surface area contributed by atoms with Crippen molar-refractivity contribution in [1.29, 1.82) is 0 Å². The summed E-state index contributed by atoms with van der Waals surface area (Å²) in [5, 5.41) is 0. The molecule has 0 radical (unpaired) electrons. The minimum Gasteiger partial charge on any atom is -0.379 e. The second-order valence-corrected chi connectivity index (χ2v) is 6.37. The topological polar surface area (TPSA) is 43.4 Å². The second-order valence-electron chi connectivity index (χ2n) is 4.85. The van der Waals surface area contributed by atoms with E-state index in [0.717, 1.165) is 23.3 Å². The van der Waals surface area contributed by atoms with Crippen LogP contribution in [0.5, 0.6) is 5.75 Å². The van der Waals surface area contributed by atoms with Crippen LogP contribution in [-0.4, -0.2) is 8.42 Å². The largest absolute Gasteiger partial charge is 0.417 e. The van der Waals surface area contributed by atoms with Crippen LogP contribution in [-0.2, 0) is 16.3 Å². The van der Waals surface area contributed by atoms with Gasteiger partial charge in [0.25, 0.3) is 0 Å². The number of alkyl halides is 3. The zero-order valence-electron chi connectivity index (χ0n) is 11.8. The molecular formula is C15H13F3O3S. The van der Waals surface area contributed by atoms with Crippen molar-refractivity contribution in [1.82, 2.24) is 0 Å². The molecule has 2 aromatic rings. The Morgan fingerprint density at radius 1 is 0.955 bits per heavy atom. The van der Waals surface area contributed by atoms with Gasteiger partial charge in [0.05, 0.1) is 5.56 Å². The van der Waals surface area contributed by atoms with Gasteiger partial charge in [-0.25, -0.2) is 0 Å². The standard InChI is InChI=1S/C15H13F3O3S/c1-10-7-11(2)9-12(8-10)21-22(19,20)14-6-4-3-5-13(14)15(16,17)18/h3-9H,1-2H3. The molecule has 0 unspecified atom stereocenters. The maximum Gasteiger partial charge on any atom is 0.417 e. The monoisotopic (exact) mass is 330 g/mol. The van der Waals surface area contributed by atoms with Gasteiger partial charge in [-0.1, -0.05) is 18.2 Å². The van der Waals surface area contributed by atoms with E-state index in [4.69, 9.17) is 4.18 Å². The Hall–Kier alpha value is -2.02. The molecule has 0 spiro atoms. The molecule has 118 valence electrons. The average molecular weight is 330 g/mol. The Balaban J connectivity index is 2.48. The normalized spacial score (nSPS) is 12.2. The first kappa shape index (κ1) is 16.4. The maximum atomic E-state index is 12.9. The van der Waals surface area contributed by atoms with Gasteiger partial charge in [0, 0.05) is 0 Å². The quantitative estimate of drug-likeness (QED) is 0.796. The lowest BCUT2D eigenvalue weighted by Crippen LogP contribution is -2.17. The molecule has 2 rings (SSSR count). The highest BCUT2D eigenvalue weighted by Crippen LogP contribution is 2.35. The van der Waals surface area contributed by atoms with Crippen LogP contribution in [0.4, 0.5) is 13.2 Å². The molecule has 0 heterocycles. The van der Waals surface area contributed by atoms with Crippen molar-refractivity contribution >= 4 is 10.1 Å². The van der Waals surface area contributed by atoms with Crippen molar-refractivity contribution in [2.75, 3.05) is 0 Å². The van der Waals surface area contributed by atoms with Crippen LogP contribution in [0.2, 0.25) is 0 Å². The van der Waals surface area contributed by atoms with Crippen LogP contribution >= 0.6 is 0 Å². The Morgan fingerprint density at radius 3 is 2.05 bits per heavy atom. The smallest absolute Gasteiger partial charge is 0.379 e. The van der Waals surface area contributed by atoms with Gasteiger partial charge >= 0.3 is 16.3 Å². The van der Waals surface area contributed by atoms with Crippen LogP contribution in [0.3, 0.4) is 0 Å². The van der Waals surface area contributed by atoms with E-state index in [9.17, 15) is 21.6 Å². The molecule has 7 heteroatoms. The van der Waals surface area contributed by atoms with Gasteiger partial charge < -0.3 is 4.18 Å². The van der Waals surface area contributed by atoms with Crippen LogP contribution < -0.4 is 4.18 Å². The minimum atomic E-state index is -4.78. The molecule has 0 aliphatic heterocycles. The Kier molecular flexibility index (Phi) is 4.19. The van der Waals surface area contributed by atoms with Crippen molar-refractivity contribution in [2.24, 2.45) is 0 Å². The van der Waals surface area contributed by atoms with Crippen molar-refractivity contribution in [3.8, 4) is 5.75 Å². The van der Waals surface area contributed by atoms with E-state index in [-0.39, 0.29) is 5.75 Å². The summed E-state index contributed by atoms with van der Waals surface area (Å²) in [7, 11) is -4.58. The lowest BCUT2D eigenvalue weighted by Gasteiger charge is -2.14.